The van der Waals surface area contributed by atoms with E-state index >= 15 is 0 Å². The van der Waals surface area contributed by atoms with Crippen molar-refractivity contribution in [3.63, 3.8) is 0 Å². The van der Waals surface area contributed by atoms with Gasteiger partial charge < -0.3 is 20.6 Å². The molecule has 1 aromatic rings. The zero-order chi connectivity index (χ0) is 18.3. The molecule has 1 aromatic carbocycles. The summed E-state index contributed by atoms with van der Waals surface area (Å²) in [4.78, 5) is 36.3. The number of amides is 3. The molecular weight excluding hydrogens is 378 g/mol. The second-order valence-corrected chi connectivity index (χ2v) is 6.79. The number of benzene rings is 1. The third-order valence-corrected chi connectivity index (χ3v) is 3.69. The number of rotatable bonds is 7. The van der Waals surface area contributed by atoms with Gasteiger partial charge >= 0.3 is 12.0 Å². The lowest BCUT2D eigenvalue weighted by atomic mass is 10.0. The fourth-order valence-electron chi connectivity index (χ4n) is 2.10. The number of nitrogens with zero attached hydrogens (tertiary/aromatic N) is 1. The van der Waals surface area contributed by atoms with E-state index in [0.29, 0.717) is 12.1 Å². The van der Waals surface area contributed by atoms with Gasteiger partial charge in [-0.05, 0) is 36.6 Å². The van der Waals surface area contributed by atoms with Crippen LogP contribution in [0.2, 0.25) is 0 Å². The number of likely N-dealkylation sites (N-methyl/N-ethyl adjacent to an activating group) is 1. The molecule has 7 nitrogen and oxygen atoms in total. The average molecular weight is 400 g/mol. The number of halogens is 1. The van der Waals surface area contributed by atoms with Gasteiger partial charge in [-0.15, -0.1) is 0 Å². The van der Waals surface area contributed by atoms with E-state index in [9.17, 15) is 14.4 Å². The van der Waals surface area contributed by atoms with Crippen LogP contribution in [-0.4, -0.2) is 47.5 Å². The Hall–Kier alpha value is -2.09. The van der Waals surface area contributed by atoms with Gasteiger partial charge in [0.05, 0.1) is 0 Å². The minimum Gasteiger partial charge on any atom is -0.480 e. The molecule has 8 heteroatoms. The van der Waals surface area contributed by atoms with Crippen LogP contribution in [0.25, 0.3) is 0 Å². The highest BCUT2D eigenvalue weighted by molar-refractivity contribution is 9.10. The van der Waals surface area contributed by atoms with Gasteiger partial charge in [-0.25, -0.2) is 4.79 Å². The molecule has 1 atom stereocenters. The second-order valence-electron chi connectivity index (χ2n) is 5.88. The van der Waals surface area contributed by atoms with E-state index in [1.165, 1.54) is 7.05 Å². The Labute approximate surface area is 149 Å². The summed E-state index contributed by atoms with van der Waals surface area (Å²) in [6.07, 6.45) is 0.413. The number of carboxylic acid groups (broad SMARTS) is 1. The van der Waals surface area contributed by atoms with Gasteiger partial charge in [-0.1, -0.05) is 29.8 Å². The minimum atomic E-state index is -1.10. The van der Waals surface area contributed by atoms with E-state index in [4.69, 9.17) is 5.11 Å². The van der Waals surface area contributed by atoms with Crippen LogP contribution in [0, 0.1) is 5.92 Å². The number of hydrogen-bond acceptors (Lipinski definition) is 3. The Balaban J connectivity index is 2.73. The van der Waals surface area contributed by atoms with Crippen molar-refractivity contribution >= 4 is 39.5 Å². The van der Waals surface area contributed by atoms with Crippen LogP contribution in [0.4, 0.5) is 10.5 Å². The Bertz CT molecular complexity index is 589. The molecule has 0 aliphatic carbocycles. The Morgan fingerprint density at radius 2 is 1.79 bits per heavy atom. The number of aliphatic carboxylic acids is 1. The van der Waals surface area contributed by atoms with Crippen molar-refractivity contribution in [3.8, 4) is 0 Å². The van der Waals surface area contributed by atoms with Crippen molar-refractivity contribution in [2.24, 2.45) is 5.92 Å². The summed E-state index contributed by atoms with van der Waals surface area (Å²) >= 11 is 3.31. The highest BCUT2D eigenvalue weighted by atomic mass is 79.9. The van der Waals surface area contributed by atoms with E-state index in [1.54, 1.807) is 24.3 Å². The molecule has 0 unspecified atom stereocenters. The molecule has 0 radical (unpaired) electrons. The first-order valence-corrected chi connectivity index (χ1v) is 8.28. The van der Waals surface area contributed by atoms with Crippen molar-refractivity contribution in [3.05, 3.63) is 28.7 Å². The van der Waals surface area contributed by atoms with Crippen molar-refractivity contribution < 1.29 is 19.5 Å². The summed E-state index contributed by atoms with van der Waals surface area (Å²) in [5.74, 6) is -1.38. The normalized spacial score (nSPS) is 11.7. The lowest BCUT2D eigenvalue weighted by Gasteiger charge is -2.24. The van der Waals surface area contributed by atoms with Crippen molar-refractivity contribution in [1.82, 2.24) is 10.2 Å². The maximum atomic E-state index is 12.4. The predicted molar refractivity (Wildman–Crippen MR) is 94.8 cm³/mol. The summed E-state index contributed by atoms with van der Waals surface area (Å²) in [5.41, 5.74) is 0.588. The van der Waals surface area contributed by atoms with Crippen LogP contribution < -0.4 is 10.6 Å². The fourth-order valence-corrected chi connectivity index (χ4v) is 2.36. The van der Waals surface area contributed by atoms with Gasteiger partial charge in [0.2, 0.25) is 5.91 Å². The molecule has 0 aliphatic heterocycles. The molecule has 0 bridgehead atoms. The summed E-state index contributed by atoms with van der Waals surface area (Å²) in [7, 11) is 1.40. The van der Waals surface area contributed by atoms with Crippen LogP contribution >= 0.6 is 15.9 Å². The van der Waals surface area contributed by atoms with Crippen LogP contribution in [0.3, 0.4) is 0 Å². The van der Waals surface area contributed by atoms with Crippen LogP contribution in [0.1, 0.15) is 20.3 Å². The zero-order valence-corrected chi connectivity index (χ0v) is 15.5. The average Bonchev–Trinajstić information content (AvgIpc) is 2.47. The number of carbonyl (C=O) groups is 3. The molecule has 132 valence electrons. The minimum absolute atomic E-state index is 0.158. The summed E-state index contributed by atoms with van der Waals surface area (Å²) in [6, 6.07) is 5.71. The fraction of sp³-hybridized carbons (Fsp3) is 0.438. The number of urea groups is 1. The standard InChI is InChI=1S/C16H22BrN3O4/c1-10(2)8-13(15(23)20(3)9-14(21)22)19-16(24)18-12-6-4-11(17)5-7-12/h4-7,10,13H,8-9H2,1-3H3,(H,21,22)(H2,18,19,24)/t13-/m0/s1. The second kappa shape index (κ2) is 9.27. The van der Waals surface area contributed by atoms with Gasteiger partial charge in [-0.3, -0.25) is 9.59 Å². The molecule has 24 heavy (non-hydrogen) atoms. The Morgan fingerprint density at radius 3 is 2.29 bits per heavy atom. The predicted octanol–water partition coefficient (Wildman–Crippen LogP) is 2.53. The van der Waals surface area contributed by atoms with E-state index in [1.807, 2.05) is 13.8 Å². The Morgan fingerprint density at radius 1 is 1.21 bits per heavy atom. The molecule has 0 heterocycles. The molecule has 0 aliphatic rings. The molecule has 0 saturated carbocycles. The third-order valence-electron chi connectivity index (χ3n) is 3.16. The topological polar surface area (TPSA) is 98.7 Å². The highest BCUT2D eigenvalue weighted by Gasteiger charge is 2.25. The lowest BCUT2D eigenvalue weighted by molar-refractivity contribution is -0.144. The number of carbonyl (C=O) groups excluding carboxylic acids is 2. The number of anilines is 1. The van der Waals surface area contributed by atoms with E-state index < -0.39 is 30.5 Å². The van der Waals surface area contributed by atoms with E-state index in [0.717, 1.165) is 9.37 Å². The SMILES string of the molecule is CC(C)C[C@H](NC(=O)Nc1ccc(Br)cc1)C(=O)N(C)CC(=O)O. The van der Waals surface area contributed by atoms with Gasteiger partial charge in [-0.2, -0.15) is 0 Å². The third kappa shape index (κ3) is 6.99. The van der Waals surface area contributed by atoms with Crippen molar-refractivity contribution in [2.75, 3.05) is 18.9 Å². The molecule has 0 saturated heterocycles. The van der Waals surface area contributed by atoms with E-state index in [2.05, 4.69) is 26.6 Å². The van der Waals surface area contributed by atoms with Gasteiger partial charge in [0.15, 0.2) is 0 Å². The monoisotopic (exact) mass is 399 g/mol. The Kier molecular flexibility index (Phi) is 7.70. The molecule has 0 spiro atoms. The number of hydrogen-bond donors (Lipinski definition) is 3. The number of carboxylic acids is 1. The maximum Gasteiger partial charge on any atom is 0.323 e. The van der Waals surface area contributed by atoms with Crippen LogP contribution in [0.15, 0.2) is 28.7 Å². The molecule has 1 rings (SSSR count). The van der Waals surface area contributed by atoms with Gasteiger partial charge in [0.1, 0.15) is 12.6 Å². The first kappa shape index (κ1) is 20.0. The molecule has 0 aromatic heterocycles. The van der Waals surface area contributed by atoms with Gasteiger partial charge in [0.25, 0.3) is 0 Å². The van der Waals surface area contributed by atoms with Crippen molar-refractivity contribution in [2.45, 2.75) is 26.3 Å². The molecular formula is C16H22BrN3O4. The summed E-state index contributed by atoms with van der Waals surface area (Å²) in [5, 5.41) is 14.1. The quantitative estimate of drug-likeness (QED) is 0.655. The molecule has 3 amide bonds. The van der Waals surface area contributed by atoms with Gasteiger partial charge in [0, 0.05) is 17.2 Å². The maximum absolute atomic E-state index is 12.4. The number of nitrogens with one attached hydrogen (secondary N) is 2. The summed E-state index contributed by atoms with van der Waals surface area (Å²) < 4.78 is 0.886. The lowest BCUT2D eigenvalue weighted by Crippen LogP contribution is -2.50. The molecule has 3 N–H and O–H groups in total. The van der Waals surface area contributed by atoms with Crippen LogP contribution in [0.5, 0.6) is 0 Å². The zero-order valence-electron chi connectivity index (χ0n) is 13.9. The largest absolute Gasteiger partial charge is 0.480 e. The first-order chi connectivity index (χ1) is 11.2. The molecule has 0 fully saturated rings. The van der Waals surface area contributed by atoms with Crippen LogP contribution in [-0.2, 0) is 9.59 Å². The summed E-state index contributed by atoms with van der Waals surface area (Å²) in [6.45, 7) is 3.43. The van der Waals surface area contributed by atoms with E-state index in [-0.39, 0.29) is 5.92 Å². The first-order valence-electron chi connectivity index (χ1n) is 7.49. The van der Waals surface area contributed by atoms with Crippen molar-refractivity contribution in [1.29, 1.82) is 0 Å². The smallest absolute Gasteiger partial charge is 0.323 e. The highest BCUT2D eigenvalue weighted by Crippen LogP contribution is 2.14.